The highest BCUT2D eigenvalue weighted by atomic mass is 35.5. The Labute approximate surface area is 292 Å². The van der Waals surface area contributed by atoms with Gasteiger partial charge in [0.05, 0.1) is 16.8 Å². The largest absolute Gasteiger partial charge is 0.494 e. The topological polar surface area (TPSA) is 83.5 Å². The van der Waals surface area contributed by atoms with Crippen LogP contribution in [0.3, 0.4) is 0 Å². The number of aromatic nitrogens is 5. The maximum atomic E-state index is 13.5. The van der Waals surface area contributed by atoms with Crippen molar-refractivity contribution in [3.63, 3.8) is 0 Å². The van der Waals surface area contributed by atoms with Crippen LogP contribution >= 0.6 is 22.9 Å². The molecule has 0 unspecified atom stereocenters. The molecule has 0 amide bonds. The van der Waals surface area contributed by atoms with Crippen molar-refractivity contribution in [2.45, 2.75) is 26.4 Å². The van der Waals surface area contributed by atoms with Gasteiger partial charge in [0.2, 0.25) is 4.96 Å². The van der Waals surface area contributed by atoms with Gasteiger partial charge in [-0.1, -0.05) is 84.8 Å². The molecule has 4 aromatic carbocycles. The molecule has 49 heavy (non-hydrogen) atoms. The molecule has 0 aliphatic carbocycles. The number of rotatable bonds is 12. The van der Waals surface area contributed by atoms with Gasteiger partial charge in [-0.25, -0.2) is 4.68 Å². The average Bonchev–Trinajstić information content (AvgIpc) is 3.82. The molecule has 0 atom stereocenters. The quantitative estimate of drug-likeness (QED) is 0.121. The maximum absolute atomic E-state index is 13.5. The van der Waals surface area contributed by atoms with E-state index in [-0.39, 0.29) is 5.56 Å². The molecule has 0 fully saturated rings. The Hall–Kier alpha value is -5.51. The third-order valence-corrected chi connectivity index (χ3v) is 8.98. The summed E-state index contributed by atoms with van der Waals surface area (Å²) in [6.07, 6.45) is 9.64. The van der Waals surface area contributed by atoms with Crippen LogP contribution in [0.15, 0.2) is 114 Å². The lowest BCUT2D eigenvalue weighted by Crippen LogP contribution is -2.23. The van der Waals surface area contributed by atoms with Crippen molar-refractivity contribution < 1.29 is 9.47 Å². The molecule has 0 saturated heterocycles. The Morgan fingerprint density at radius 3 is 2.31 bits per heavy atom. The second-order valence-electron chi connectivity index (χ2n) is 11.3. The molecule has 0 N–H and O–H groups in total. The standard InChI is InChI=1S/C39H32ClN5O3S/c1-2-3-23-47-33-18-11-27(12-19-33)13-22-36-41-39-45(42-36)38(46)35(49-39)24-30-25-44(32-7-5-4-6-8-32)43-37(30)29-14-20-34(21-15-29)48-26-28-9-16-31(40)17-10-28/h4-22,24-25H,2-3,23,26H2,1H3/b22-13+,35-24-. The van der Waals surface area contributed by atoms with Crippen molar-refractivity contribution in [1.82, 2.24) is 24.4 Å². The molecule has 3 aromatic heterocycles. The summed E-state index contributed by atoms with van der Waals surface area (Å²) in [7, 11) is 0. The molecule has 0 aliphatic heterocycles. The lowest BCUT2D eigenvalue weighted by atomic mass is 10.1. The van der Waals surface area contributed by atoms with Crippen LogP contribution in [0.1, 0.15) is 42.3 Å². The van der Waals surface area contributed by atoms with Crippen LogP contribution in [0, 0.1) is 0 Å². The van der Waals surface area contributed by atoms with Gasteiger partial charge < -0.3 is 9.47 Å². The minimum Gasteiger partial charge on any atom is -0.494 e. The molecular formula is C39H32ClN5O3S. The van der Waals surface area contributed by atoms with Gasteiger partial charge in [-0.3, -0.25) is 4.79 Å². The fourth-order valence-corrected chi connectivity index (χ4v) is 6.16. The van der Waals surface area contributed by atoms with Crippen LogP contribution < -0.4 is 19.6 Å². The molecule has 244 valence electrons. The third-order valence-electron chi connectivity index (χ3n) is 7.77. The van der Waals surface area contributed by atoms with Gasteiger partial charge in [0, 0.05) is 22.3 Å². The zero-order valence-electron chi connectivity index (χ0n) is 26.7. The van der Waals surface area contributed by atoms with Crippen molar-refractivity contribution in [2.75, 3.05) is 6.61 Å². The van der Waals surface area contributed by atoms with Gasteiger partial charge in [-0.15, -0.1) is 5.10 Å². The number of hydrogen-bond acceptors (Lipinski definition) is 7. The van der Waals surface area contributed by atoms with Crippen LogP contribution in [0.4, 0.5) is 0 Å². The number of benzene rings is 4. The lowest BCUT2D eigenvalue weighted by molar-refractivity contribution is 0.306. The molecule has 0 bridgehead atoms. The monoisotopic (exact) mass is 685 g/mol. The number of unbranched alkanes of at least 4 members (excludes halogenated alkanes) is 1. The lowest BCUT2D eigenvalue weighted by Gasteiger charge is -2.07. The van der Waals surface area contributed by atoms with E-state index >= 15 is 0 Å². The van der Waals surface area contributed by atoms with E-state index in [4.69, 9.17) is 26.2 Å². The van der Waals surface area contributed by atoms with Crippen LogP contribution in [0.5, 0.6) is 11.5 Å². The first kappa shape index (κ1) is 32.1. The molecular weight excluding hydrogens is 654 g/mol. The van der Waals surface area contributed by atoms with E-state index in [1.165, 1.54) is 15.9 Å². The van der Waals surface area contributed by atoms with Crippen LogP contribution in [0.2, 0.25) is 5.02 Å². The summed E-state index contributed by atoms with van der Waals surface area (Å²) < 4.78 is 15.4. The summed E-state index contributed by atoms with van der Waals surface area (Å²) in [4.78, 5) is 18.6. The van der Waals surface area contributed by atoms with E-state index in [9.17, 15) is 4.79 Å². The first-order chi connectivity index (χ1) is 24.0. The van der Waals surface area contributed by atoms with Gasteiger partial charge in [0.15, 0.2) is 5.82 Å². The Balaban J connectivity index is 1.14. The smallest absolute Gasteiger partial charge is 0.291 e. The van der Waals surface area contributed by atoms with Crippen molar-refractivity contribution in [1.29, 1.82) is 0 Å². The Kier molecular flexibility index (Phi) is 9.63. The molecule has 0 saturated carbocycles. The summed E-state index contributed by atoms with van der Waals surface area (Å²) >= 11 is 7.30. The molecule has 7 aromatic rings. The summed E-state index contributed by atoms with van der Waals surface area (Å²) in [5.41, 5.74) is 5.11. The molecule has 7 rings (SSSR count). The SMILES string of the molecule is CCCCOc1ccc(/C=C/c2nc3s/c(=C\c4cn(-c5ccccc5)nc4-c4ccc(OCc5ccc(Cl)cc5)cc4)c(=O)n3n2)cc1. The van der Waals surface area contributed by atoms with Crippen LogP contribution in [-0.4, -0.2) is 31.0 Å². The molecule has 10 heteroatoms. The predicted molar refractivity (Wildman–Crippen MR) is 196 cm³/mol. The highest BCUT2D eigenvalue weighted by Gasteiger charge is 2.14. The fraction of sp³-hybridized carbons (Fsp3) is 0.128. The fourth-order valence-electron chi connectivity index (χ4n) is 5.13. The van der Waals surface area contributed by atoms with Gasteiger partial charge in [-0.2, -0.15) is 14.6 Å². The summed E-state index contributed by atoms with van der Waals surface area (Å²) in [6.45, 7) is 3.28. The van der Waals surface area contributed by atoms with E-state index in [1.807, 2.05) is 126 Å². The zero-order valence-corrected chi connectivity index (χ0v) is 28.3. The van der Waals surface area contributed by atoms with Crippen LogP contribution in [-0.2, 0) is 6.61 Å². The highest BCUT2D eigenvalue weighted by molar-refractivity contribution is 7.15. The van der Waals surface area contributed by atoms with Crippen LogP contribution in [0.25, 0.3) is 40.1 Å². The van der Waals surface area contributed by atoms with E-state index in [1.54, 1.807) is 6.08 Å². The predicted octanol–water partition coefficient (Wildman–Crippen LogP) is 8.13. The van der Waals surface area contributed by atoms with E-state index in [0.717, 1.165) is 58.0 Å². The summed E-state index contributed by atoms with van der Waals surface area (Å²) in [5.74, 6) is 2.05. The van der Waals surface area contributed by atoms with E-state index in [0.29, 0.717) is 33.6 Å². The summed E-state index contributed by atoms with van der Waals surface area (Å²) in [6, 6.07) is 33.1. The van der Waals surface area contributed by atoms with Crippen molar-refractivity contribution >= 4 is 46.1 Å². The Bertz CT molecular complexity index is 2310. The van der Waals surface area contributed by atoms with Crippen molar-refractivity contribution in [2.24, 2.45) is 0 Å². The molecule has 3 heterocycles. The number of halogens is 1. The highest BCUT2D eigenvalue weighted by Crippen LogP contribution is 2.27. The Morgan fingerprint density at radius 1 is 0.837 bits per heavy atom. The minimum absolute atomic E-state index is 0.231. The third kappa shape index (κ3) is 7.64. The molecule has 0 aliphatic rings. The van der Waals surface area contributed by atoms with Crippen molar-refractivity contribution in [3.05, 3.63) is 152 Å². The molecule has 8 nitrogen and oxygen atoms in total. The zero-order chi connectivity index (χ0) is 33.6. The minimum atomic E-state index is -0.231. The van der Waals surface area contributed by atoms with Gasteiger partial charge in [0.1, 0.15) is 23.8 Å². The number of fused-ring (bicyclic) bond motifs is 1. The van der Waals surface area contributed by atoms with E-state index < -0.39 is 0 Å². The first-order valence-corrected chi connectivity index (χ1v) is 17.2. The second-order valence-corrected chi connectivity index (χ2v) is 12.8. The summed E-state index contributed by atoms with van der Waals surface area (Å²) in [5, 5.41) is 10.1. The second kappa shape index (κ2) is 14.7. The van der Waals surface area contributed by atoms with Gasteiger partial charge in [-0.05, 0) is 90.4 Å². The maximum Gasteiger partial charge on any atom is 0.291 e. The van der Waals surface area contributed by atoms with E-state index in [2.05, 4.69) is 17.0 Å². The average molecular weight is 686 g/mol. The van der Waals surface area contributed by atoms with Gasteiger partial charge in [0.25, 0.3) is 5.56 Å². The molecule has 0 radical (unpaired) electrons. The van der Waals surface area contributed by atoms with Gasteiger partial charge >= 0.3 is 0 Å². The first-order valence-electron chi connectivity index (χ1n) is 16.0. The van der Waals surface area contributed by atoms with Crippen molar-refractivity contribution in [3.8, 4) is 28.4 Å². The number of hydrogen-bond donors (Lipinski definition) is 0. The normalized spacial score (nSPS) is 11.9. The molecule has 0 spiro atoms. The number of thiazole rings is 1. The number of para-hydroxylation sites is 1. The number of ether oxygens (including phenoxy) is 2. The number of nitrogens with zero attached hydrogens (tertiary/aromatic N) is 5. The Morgan fingerprint density at radius 2 is 1.57 bits per heavy atom.